The number of rotatable bonds is 2. The maximum Gasteiger partial charge on any atom is 0.171 e. The molecule has 2 atom stereocenters. The lowest BCUT2D eigenvalue weighted by Gasteiger charge is -2.39. The SMILES string of the molecule is Cc1ccc(C)c(NC(=S)N[C@@H]2C[C@@H](C)CC(C)(C)C2)c1. The summed E-state index contributed by atoms with van der Waals surface area (Å²) in [5.74, 6) is 0.759. The standard InChI is InChI=1S/C18H28N2S/c1-12-6-7-14(3)16(9-12)20-17(21)19-15-8-13(2)10-18(4,5)11-15/h6-7,9,13,15H,8,10-11H2,1-5H3,(H2,19,20,21)/t13-,15-/m1/s1. The van der Waals surface area contributed by atoms with Crippen LogP contribution in [0.25, 0.3) is 0 Å². The van der Waals surface area contributed by atoms with Crippen molar-refractivity contribution in [3.05, 3.63) is 29.3 Å². The molecule has 0 radical (unpaired) electrons. The van der Waals surface area contributed by atoms with E-state index in [2.05, 4.69) is 63.5 Å². The summed E-state index contributed by atoms with van der Waals surface area (Å²) in [6, 6.07) is 6.89. The van der Waals surface area contributed by atoms with Crippen LogP contribution in [0.4, 0.5) is 5.69 Å². The summed E-state index contributed by atoms with van der Waals surface area (Å²) in [6.45, 7) is 11.3. The number of aryl methyl sites for hydroxylation is 2. The Kier molecular flexibility index (Phi) is 4.92. The van der Waals surface area contributed by atoms with E-state index in [0.29, 0.717) is 11.5 Å². The molecule has 1 aliphatic carbocycles. The second-order valence-electron chi connectivity index (χ2n) is 7.53. The highest BCUT2D eigenvalue weighted by Gasteiger charge is 2.32. The van der Waals surface area contributed by atoms with Gasteiger partial charge in [0, 0.05) is 11.7 Å². The topological polar surface area (TPSA) is 24.1 Å². The molecule has 0 unspecified atom stereocenters. The van der Waals surface area contributed by atoms with E-state index in [9.17, 15) is 0 Å². The third-order valence-electron chi connectivity index (χ3n) is 4.36. The summed E-state index contributed by atoms with van der Waals surface area (Å²) in [7, 11) is 0. The summed E-state index contributed by atoms with van der Waals surface area (Å²) in [6.07, 6.45) is 3.70. The van der Waals surface area contributed by atoms with E-state index in [1.807, 2.05) is 0 Å². The fourth-order valence-electron chi connectivity index (χ4n) is 3.67. The first-order valence-electron chi connectivity index (χ1n) is 7.90. The van der Waals surface area contributed by atoms with Gasteiger partial charge >= 0.3 is 0 Å². The van der Waals surface area contributed by atoms with Crippen molar-refractivity contribution >= 4 is 23.0 Å². The molecular weight excluding hydrogens is 276 g/mol. The van der Waals surface area contributed by atoms with E-state index < -0.39 is 0 Å². The summed E-state index contributed by atoms with van der Waals surface area (Å²) < 4.78 is 0. The van der Waals surface area contributed by atoms with Crippen LogP contribution in [-0.2, 0) is 0 Å². The Hall–Kier alpha value is -1.09. The average molecular weight is 305 g/mol. The molecule has 116 valence electrons. The average Bonchev–Trinajstić information content (AvgIpc) is 2.31. The molecule has 21 heavy (non-hydrogen) atoms. The van der Waals surface area contributed by atoms with Gasteiger partial charge in [0.2, 0.25) is 0 Å². The predicted octanol–water partition coefficient (Wildman–Crippen LogP) is 4.80. The summed E-state index contributed by atoms with van der Waals surface area (Å²) in [5, 5.41) is 7.63. The molecule has 1 fully saturated rings. The van der Waals surface area contributed by atoms with Crippen LogP contribution in [0.5, 0.6) is 0 Å². The summed E-state index contributed by atoms with van der Waals surface area (Å²) >= 11 is 5.51. The van der Waals surface area contributed by atoms with Crippen molar-refractivity contribution in [1.29, 1.82) is 0 Å². The van der Waals surface area contributed by atoms with Crippen LogP contribution in [0.3, 0.4) is 0 Å². The fourth-order valence-corrected chi connectivity index (χ4v) is 3.95. The second kappa shape index (κ2) is 6.35. The van der Waals surface area contributed by atoms with Gasteiger partial charge < -0.3 is 10.6 Å². The highest BCUT2D eigenvalue weighted by atomic mass is 32.1. The lowest BCUT2D eigenvalue weighted by Crippen LogP contribution is -2.44. The predicted molar refractivity (Wildman–Crippen MR) is 95.9 cm³/mol. The Morgan fingerprint density at radius 3 is 2.62 bits per heavy atom. The van der Waals surface area contributed by atoms with E-state index in [-0.39, 0.29) is 0 Å². The Bertz CT molecular complexity index is 522. The zero-order chi connectivity index (χ0) is 15.6. The van der Waals surface area contributed by atoms with Crippen LogP contribution in [0.15, 0.2) is 18.2 Å². The first-order valence-corrected chi connectivity index (χ1v) is 8.31. The van der Waals surface area contributed by atoms with Crippen LogP contribution in [0.1, 0.15) is 51.2 Å². The van der Waals surface area contributed by atoms with E-state index in [1.165, 1.54) is 30.4 Å². The molecule has 1 aromatic carbocycles. The molecule has 1 saturated carbocycles. The number of hydrogen-bond acceptors (Lipinski definition) is 1. The molecule has 0 bridgehead atoms. The molecular formula is C18H28N2S. The molecule has 2 nitrogen and oxygen atoms in total. The second-order valence-corrected chi connectivity index (χ2v) is 7.94. The number of anilines is 1. The van der Waals surface area contributed by atoms with Gasteiger partial charge in [-0.1, -0.05) is 32.9 Å². The Morgan fingerprint density at radius 2 is 1.95 bits per heavy atom. The van der Waals surface area contributed by atoms with E-state index in [4.69, 9.17) is 12.2 Å². The van der Waals surface area contributed by atoms with Gasteiger partial charge in [0.05, 0.1) is 0 Å². The highest BCUT2D eigenvalue weighted by molar-refractivity contribution is 7.80. The first kappa shape index (κ1) is 16.3. The highest BCUT2D eigenvalue weighted by Crippen LogP contribution is 2.38. The van der Waals surface area contributed by atoms with Gasteiger partial charge in [-0.3, -0.25) is 0 Å². The van der Waals surface area contributed by atoms with Crippen LogP contribution in [-0.4, -0.2) is 11.2 Å². The van der Waals surface area contributed by atoms with Gasteiger partial charge in [-0.15, -0.1) is 0 Å². The quantitative estimate of drug-likeness (QED) is 0.767. The Morgan fingerprint density at radius 1 is 1.24 bits per heavy atom. The van der Waals surface area contributed by atoms with E-state index in [0.717, 1.165) is 16.7 Å². The van der Waals surface area contributed by atoms with Gasteiger partial charge in [-0.2, -0.15) is 0 Å². The van der Waals surface area contributed by atoms with Crippen molar-refractivity contribution in [2.24, 2.45) is 11.3 Å². The number of hydrogen-bond donors (Lipinski definition) is 2. The van der Waals surface area contributed by atoms with Gasteiger partial charge in [0.15, 0.2) is 5.11 Å². The molecule has 0 saturated heterocycles. The number of thiocarbonyl (C=S) groups is 1. The van der Waals surface area contributed by atoms with E-state index >= 15 is 0 Å². The molecule has 0 aromatic heterocycles. The van der Waals surface area contributed by atoms with Crippen molar-refractivity contribution < 1.29 is 0 Å². The lowest BCUT2D eigenvalue weighted by molar-refractivity contribution is 0.162. The Balaban J connectivity index is 1.97. The monoisotopic (exact) mass is 304 g/mol. The van der Waals surface area contributed by atoms with Gasteiger partial charge in [-0.25, -0.2) is 0 Å². The molecule has 2 N–H and O–H groups in total. The van der Waals surface area contributed by atoms with Gasteiger partial charge in [-0.05, 0) is 73.9 Å². The number of nitrogens with one attached hydrogen (secondary N) is 2. The van der Waals surface area contributed by atoms with Crippen molar-refractivity contribution in [1.82, 2.24) is 5.32 Å². The minimum atomic E-state index is 0.407. The molecule has 1 aliphatic rings. The summed E-state index contributed by atoms with van der Waals surface area (Å²) in [4.78, 5) is 0. The molecule has 2 rings (SSSR count). The molecule has 0 spiro atoms. The van der Waals surface area contributed by atoms with E-state index in [1.54, 1.807) is 0 Å². The molecule has 1 aromatic rings. The zero-order valence-corrected chi connectivity index (χ0v) is 14.7. The molecule has 0 heterocycles. The zero-order valence-electron chi connectivity index (χ0n) is 13.9. The maximum absolute atomic E-state index is 5.51. The fraction of sp³-hybridized carbons (Fsp3) is 0.611. The van der Waals surface area contributed by atoms with Crippen LogP contribution < -0.4 is 10.6 Å². The van der Waals surface area contributed by atoms with Crippen molar-refractivity contribution in [3.8, 4) is 0 Å². The largest absolute Gasteiger partial charge is 0.360 e. The summed E-state index contributed by atoms with van der Waals surface area (Å²) in [5.41, 5.74) is 3.99. The van der Waals surface area contributed by atoms with Crippen LogP contribution in [0, 0.1) is 25.2 Å². The third-order valence-corrected chi connectivity index (χ3v) is 4.58. The smallest absolute Gasteiger partial charge is 0.171 e. The van der Waals surface area contributed by atoms with Crippen molar-refractivity contribution in [2.75, 3.05) is 5.32 Å². The third kappa shape index (κ3) is 4.70. The molecule has 0 amide bonds. The maximum atomic E-state index is 5.51. The van der Waals surface area contributed by atoms with Gasteiger partial charge in [0.25, 0.3) is 0 Å². The van der Waals surface area contributed by atoms with Crippen LogP contribution >= 0.6 is 12.2 Å². The first-order chi connectivity index (χ1) is 9.75. The van der Waals surface area contributed by atoms with Crippen molar-refractivity contribution in [3.63, 3.8) is 0 Å². The minimum absolute atomic E-state index is 0.407. The minimum Gasteiger partial charge on any atom is -0.360 e. The van der Waals surface area contributed by atoms with Gasteiger partial charge in [0.1, 0.15) is 0 Å². The van der Waals surface area contributed by atoms with Crippen molar-refractivity contribution in [2.45, 2.75) is 59.9 Å². The Labute approximate surface area is 134 Å². The molecule has 0 aliphatic heterocycles. The number of benzene rings is 1. The normalized spacial score (nSPS) is 24.4. The molecule has 3 heteroatoms. The van der Waals surface area contributed by atoms with Crippen LogP contribution in [0.2, 0.25) is 0 Å². The lowest BCUT2D eigenvalue weighted by atomic mass is 9.71.